The third kappa shape index (κ3) is 4.89. The number of H-pyrrole nitrogens is 1. The van der Waals surface area contributed by atoms with E-state index in [4.69, 9.17) is 5.73 Å². The molecule has 3 rings (SSSR count). The van der Waals surface area contributed by atoms with E-state index in [0.717, 1.165) is 11.3 Å². The van der Waals surface area contributed by atoms with Gasteiger partial charge in [-0.15, -0.1) is 0 Å². The zero-order chi connectivity index (χ0) is 24.3. The van der Waals surface area contributed by atoms with Gasteiger partial charge in [-0.2, -0.15) is 0 Å². The van der Waals surface area contributed by atoms with Gasteiger partial charge in [0.2, 0.25) is 11.8 Å². The molecule has 0 atom stereocenters. The van der Waals surface area contributed by atoms with Crippen molar-refractivity contribution in [1.29, 1.82) is 0 Å². The van der Waals surface area contributed by atoms with Gasteiger partial charge in [-0.25, -0.2) is 4.79 Å². The lowest BCUT2D eigenvalue weighted by molar-refractivity contribution is -0.121. The van der Waals surface area contributed by atoms with E-state index in [0.29, 0.717) is 18.7 Å². The second-order valence-electron chi connectivity index (χ2n) is 8.48. The molecule has 10 nitrogen and oxygen atoms in total. The zero-order valence-corrected chi connectivity index (χ0v) is 19.1. The molecule has 10 heteroatoms. The van der Waals surface area contributed by atoms with E-state index >= 15 is 0 Å². The summed E-state index contributed by atoms with van der Waals surface area (Å²) in [6, 6.07) is 6.15. The Hall–Kier alpha value is -3.69. The van der Waals surface area contributed by atoms with Crippen LogP contribution in [0.15, 0.2) is 33.9 Å². The van der Waals surface area contributed by atoms with E-state index in [1.54, 1.807) is 18.2 Å². The Morgan fingerprint density at radius 1 is 1.15 bits per heavy atom. The number of amides is 3. The number of nitrogens with zero attached hydrogens (tertiary/aromatic N) is 3. The Balaban J connectivity index is 2.08. The van der Waals surface area contributed by atoms with Crippen molar-refractivity contribution < 1.29 is 14.4 Å². The van der Waals surface area contributed by atoms with Gasteiger partial charge in [0.1, 0.15) is 5.82 Å². The monoisotopic (exact) mass is 455 g/mol. The molecule has 1 saturated heterocycles. The number of imide groups is 1. The van der Waals surface area contributed by atoms with Crippen LogP contribution in [0.5, 0.6) is 0 Å². The number of hydrogen-bond acceptors (Lipinski definition) is 6. The van der Waals surface area contributed by atoms with Crippen LogP contribution >= 0.6 is 0 Å². The number of rotatable bonds is 8. The van der Waals surface area contributed by atoms with E-state index in [1.165, 1.54) is 15.5 Å². The number of carbonyl (C=O) groups excluding carboxylic acids is 3. The van der Waals surface area contributed by atoms with E-state index in [9.17, 15) is 24.0 Å². The molecule has 0 aliphatic carbocycles. The summed E-state index contributed by atoms with van der Waals surface area (Å²) in [5.74, 6) is -1.27. The number of aromatic nitrogens is 2. The Bertz CT molecular complexity index is 1180. The van der Waals surface area contributed by atoms with Gasteiger partial charge in [-0.3, -0.25) is 33.6 Å². The summed E-state index contributed by atoms with van der Waals surface area (Å²) >= 11 is 0. The molecular weight excluding hydrogens is 426 g/mol. The maximum absolute atomic E-state index is 13.6. The minimum Gasteiger partial charge on any atom is -0.383 e. The predicted molar refractivity (Wildman–Crippen MR) is 125 cm³/mol. The Morgan fingerprint density at radius 3 is 2.42 bits per heavy atom. The molecule has 3 amide bonds. The van der Waals surface area contributed by atoms with Crippen molar-refractivity contribution in [2.75, 3.05) is 22.1 Å². The van der Waals surface area contributed by atoms with Gasteiger partial charge in [-0.05, 0) is 30.5 Å². The van der Waals surface area contributed by atoms with Crippen molar-refractivity contribution in [1.82, 2.24) is 9.55 Å². The highest BCUT2D eigenvalue weighted by Gasteiger charge is 2.31. The molecule has 0 bridgehead atoms. The van der Waals surface area contributed by atoms with Gasteiger partial charge in [0, 0.05) is 31.5 Å². The lowest BCUT2D eigenvalue weighted by Crippen LogP contribution is -2.42. The third-order valence-corrected chi connectivity index (χ3v) is 5.42. The molecule has 0 saturated carbocycles. The lowest BCUT2D eigenvalue weighted by Gasteiger charge is -2.26. The molecule has 0 radical (unpaired) electrons. The van der Waals surface area contributed by atoms with Crippen LogP contribution in [0, 0.1) is 5.92 Å². The summed E-state index contributed by atoms with van der Waals surface area (Å²) in [6.45, 7) is 6.21. The van der Waals surface area contributed by atoms with Gasteiger partial charge in [0.15, 0.2) is 5.69 Å². The smallest absolute Gasteiger partial charge is 0.330 e. The maximum Gasteiger partial charge on any atom is 0.330 e. The normalized spacial score (nSPS) is 13.8. The summed E-state index contributed by atoms with van der Waals surface area (Å²) in [5.41, 5.74) is 5.25. The molecule has 0 spiro atoms. The van der Waals surface area contributed by atoms with Gasteiger partial charge >= 0.3 is 5.69 Å². The summed E-state index contributed by atoms with van der Waals surface area (Å²) in [4.78, 5) is 67.5. The average Bonchev–Trinajstić information content (AvgIpc) is 3.10. The lowest BCUT2D eigenvalue weighted by atomic mass is 10.1. The Kier molecular flexibility index (Phi) is 7.15. The summed E-state index contributed by atoms with van der Waals surface area (Å²) < 4.78 is 1.26. The van der Waals surface area contributed by atoms with Gasteiger partial charge in [-0.1, -0.05) is 33.3 Å². The standard InChI is InChI=1S/C23H29N5O5/c1-4-5-11-26-20(24)19(21(31)25-23(26)33)27(13-14(2)3)22(32)15-7-6-8-16(12-15)28-17(29)9-10-18(28)30/h6-8,12,14H,4-5,9-11,13,24H2,1-3H3,(H,25,31,33). The first kappa shape index (κ1) is 24.0. The Labute approximate surface area is 191 Å². The molecule has 1 aliphatic heterocycles. The summed E-state index contributed by atoms with van der Waals surface area (Å²) in [7, 11) is 0. The molecule has 2 heterocycles. The van der Waals surface area contributed by atoms with Crippen molar-refractivity contribution in [3.63, 3.8) is 0 Å². The first-order valence-electron chi connectivity index (χ1n) is 11.1. The predicted octanol–water partition coefficient (Wildman–Crippen LogP) is 1.88. The van der Waals surface area contributed by atoms with Gasteiger partial charge in [0.25, 0.3) is 11.5 Å². The number of benzene rings is 1. The van der Waals surface area contributed by atoms with Gasteiger partial charge in [0.05, 0.1) is 5.69 Å². The van der Waals surface area contributed by atoms with Crippen molar-refractivity contribution >= 4 is 34.9 Å². The van der Waals surface area contributed by atoms with Crippen LogP contribution in [0.1, 0.15) is 56.8 Å². The molecule has 1 fully saturated rings. The van der Waals surface area contributed by atoms with Crippen molar-refractivity contribution in [3.05, 3.63) is 50.7 Å². The number of nitrogens with one attached hydrogen (secondary N) is 1. The summed E-state index contributed by atoms with van der Waals surface area (Å²) in [6.07, 6.45) is 1.74. The molecule has 1 aromatic heterocycles. The van der Waals surface area contributed by atoms with Gasteiger partial charge < -0.3 is 10.6 Å². The quantitative estimate of drug-likeness (QED) is 0.583. The average molecular weight is 456 g/mol. The molecule has 2 aromatic rings. The minimum absolute atomic E-state index is 0.0197. The number of anilines is 3. The Morgan fingerprint density at radius 2 is 1.82 bits per heavy atom. The maximum atomic E-state index is 13.6. The van der Waals surface area contributed by atoms with Crippen LogP contribution in [0.2, 0.25) is 0 Å². The molecule has 176 valence electrons. The van der Waals surface area contributed by atoms with Crippen LogP contribution in [-0.4, -0.2) is 33.8 Å². The van der Waals surface area contributed by atoms with E-state index in [-0.39, 0.29) is 54.2 Å². The van der Waals surface area contributed by atoms with Crippen molar-refractivity contribution in [2.45, 2.75) is 53.0 Å². The van der Waals surface area contributed by atoms with Crippen LogP contribution in [0.25, 0.3) is 0 Å². The number of aromatic amines is 1. The number of hydrogen-bond donors (Lipinski definition) is 2. The summed E-state index contributed by atoms with van der Waals surface area (Å²) in [5, 5.41) is 0. The highest BCUT2D eigenvalue weighted by Crippen LogP contribution is 2.26. The molecule has 1 aromatic carbocycles. The van der Waals surface area contributed by atoms with Crippen LogP contribution in [0.4, 0.5) is 17.2 Å². The first-order valence-corrected chi connectivity index (χ1v) is 11.1. The molecular formula is C23H29N5O5. The van der Waals surface area contributed by atoms with E-state index in [1.807, 2.05) is 20.8 Å². The molecule has 33 heavy (non-hydrogen) atoms. The number of unbranched alkanes of at least 4 members (excludes halogenated alkanes) is 1. The van der Waals surface area contributed by atoms with E-state index in [2.05, 4.69) is 4.98 Å². The highest BCUT2D eigenvalue weighted by atomic mass is 16.2. The topological polar surface area (TPSA) is 139 Å². The fourth-order valence-electron chi connectivity index (χ4n) is 3.82. The number of nitrogens with two attached hydrogens (primary N) is 1. The minimum atomic E-state index is -0.750. The van der Waals surface area contributed by atoms with Crippen molar-refractivity contribution in [2.24, 2.45) is 5.92 Å². The highest BCUT2D eigenvalue weighted by molar-refractivity contribution is 6.20. The second kappa shape index (κ2) is 9.85. The molecule has 1 aliphatic rings. The van der Waals surface area contributed by atoms with Crippen LogP contribution in [0.3, 0.4) is 0 Å². The van der Waals surface area contributed by atoms with Crippen molar-refractivity contribution in [3.8, 4) is 0 Å². The largest absolute Gasteiger partial charge is 0.383 e. The van der Waals surface area contributed by atoms with Crippen LogP contribution < -0.4 is 26.8 Å². The molecule has 3 N–H and O–H groups in total. The number of nitrogen functional groups attached to an aromatic ring is 1. The number of carbonyl (C=O) groups is 3. The fraction of sp³-hybridized carbons (Fsp3) is 0.435. The second-order valence-corrected chi connectivity index (χ2v) is 8.48. The van der Waals surface area contributed by atoms with Crippen LogP contribution in [-0.2, 0) is 16.1 Å². The molecule has 0 unspecified atom stereocenters. The third-order valence-electron chi connectivity index (χ3n) is 5.42. The SMILES string of the molecule is CCCCn1c(N)c(N(CC(C)C)C(=O)c2cccc(N3C(=O)CCC3=O)c2)c(=O)[nH]c1=O. The zero-order valence-electron chi connectivity index (χ0n) is 19.1. The first-order chi connectivity index (χ1) is 15.6. The van der Waals surface area contributed by atoms with E-state index < -0.39 is 17.2 Å². The fourth-order valence-corrected chi connectivity index (χ4v) is 3.82.